The van der Waals surface area contributed by atoms with Gasteiger partial charge in [0.15, 0.2) is 5.82 Å². The summed E-state index contributed by atoms with van der Waals surface area (Å²) >= 11 is 12.0. The Balaban J connectivity index is 2.42. The van der Waals surface area contributed by atoms with Crippen LogP contribution in [-0.2, 0) is 6.42 Å². The van der Waals surface area contributed by atoms with Crippen molar-refractivity contribution in [2.45, 2.75) is 6.42 Å². The van der Waals surface area contributed by atoms with E-state index in [1.165, 1.54) is 0 Å². The van der Waals surface area contributed by atoms with Crippen molar-refractivity contribution >= 4 is 23.2 Å². The number of hydrogen-bond acceptors (Lipinski definition) is 4. The molecule has 0 atom stereocenters. The first-order valence-corrected chi connectivity index (χ1v) is 5.45. The van der Waals surface area contributed by atoms with Crippen LogP contribution in [0.1, 0.15) is 5.82 Å². The molecule has 6 heteroatoms. The molecule has 0 amide bonds. The lowest BCUT2D eigenvalue weighted by atomic mass is 10.2. The molecule has 0 saturated carbocycles. The number of nitrogens with zero attached hydrogens (tertiary/aromatic N) is 2. The molecule has 0 aliphatic rings. The molecule has 1 aromatic heterocycles. The van der Waals surface area contributed by atoms with Gasteiger partial charge in [-0.3, -0.25) is 0 Å². The van der Waals surface area contributed by atoms with Gasteiger partial charge in [0, 0.05) is 6.42 Å². The van der Waals surface area contributed by atoms with Gasteiger partial charge in [0.1, 0.15) is 0 Å². The minimum absolute atomic E-state index is 0.319. The molecular weight excluding hydrogens is 249 g/mol. The zero-order valence-corrected chi connectivity index (χ0v) is 9.79. The third kappa shape index (κ3) is 2.19. The Hall–Kier alpha value is -1.10. The Labute approximate surface area is 102 Å². The van der Waals surface area contributed by atoms with Crippen LogP contribution < -0.4 is 5.73 Å². The van der Waals surface area contributed by atoms with Gasteiger partial charge < -0.3 is 10.3 Å². The van der Waals surface area contributed by atoms with E-state index in [4.69, 9.17) is 33.5 Å². The van der Waals surface area contributed by atoms with Gasteiger partial charge in [-0.1, -0.05) is 34.4 Å². The summed E-state index contributed by atoms with van der Waals surface area (Å²) in [5, 5.41) is 4.74. The van der Waals surface area contributed by atoms with Crippen LogP contribution >= 0.6 is 23.2 Å². The van der Waals surface area contributed by atoms with E-state index in [0.717, 1.165) is 0 Å². The molecule has 4 nitrogen and oxygen atoms in total. The fraction of sp³-hybridized carbons (Fsp3) is 0.200. The zero-order valence-electron chi connectivity index (χ0n) is 8.28. The maximum absolute atomic E-state index is 6.01. The van der Waals surface area contributed by atoms with Gasteiger partial charge in [0.25, 0.3) is 5.89 Å². The van der Waals surface area contributed by atoms with Crippen molar-refractivity contribution in [2.24, 2.45) is 5.73 Å². The maximum atomic E-state index is 6.01. The molecular formula is C10H9Cl2N3O. The Morgan fingerprint density at radius 3 is 2.56 bits per heavy atom. The van der Waals surface area contributed by atoms with Crippen molar-refractivity contribution in [3.8, 4) is 11.5 Å². The van der Waals surface area contributed by atoms with Crippen molar-refractivity contribution in [3.05, 3.63) is 34.1 Å². The first kappa shape index (κ1) is 11.4. The van der Waals surface area contributed by atoms with Crippen LogP contribution in [0.2, 0.25) is 10.0 Å². The molecule has 0 fully saturated rings. The normalized spacial score (nSPS) is 10.7. The highest BCUT2D eigenvalue weighted by Crippen LogP contribution is 2.33. The quantitative estimate of drug-likeness (QED) is 0.918. The number of rotatable bonds is 3. The van der Waals surface area contributed by atoms with Gasteiger partial charge in [-0.05, 0) is 18.7 Å². The minimum Gasteiger partial charge on any atom is -0.334 e. The first-order valence-electron chi connectivity index (χ1n) is 4.69. The molecule has 2 N–H and O–H groups in total. The fourth-order valence-electron chi connectivity index (χ4n) is 1.29. The first-order chi connectivity index (χ1) is 7.72. The van der Waals surface area contributed by atoms with Gasteiger partial charge in [-0.15, -0.1) is 0 Å². The van der Waals surface area contributed by atoms with E-state index in [0.29, 0.717) is 40.3 Å². The van der Waals surface area contributed by atoms with Crippen LogP contribution in [0.3, 0.4) is 0 Å². The van der Waals surface area contributed by atoms with E-state index in [1.54, 1.807) is 18.2 Å². The van der Waals surface area contributed by atoms with Crippen molar-refractivity contribution < 1.29 is 4.52 Å². The Morgan fingerprint density at radius 2 is 1.94 bits per heavy atom. The Kier molecular flexibility index (Phi) is 3.43. The molecule has 0 bridgehead atoms. The lowest BCUT2D eigenvalue weighted by Gasteiger charge is -2.00. The number of nitrogens with two attached hydrogens (primary N) is 1. The van der Waals surface area contributed by atoms with Crippen LogP contribution in [0.4, 0.5) is 0 Å². The second kappa shape index (κ2) is 4.82. The van der Waals surface area contributed by atoms with E-state index >= 15 is 0 Å². The predicted molar refractivity (Wildman–Crippen MR) is 62.5 cm³/mol. The van der Waals surface area contributed by atoms with Crippen molar-refractivity contribution in [2.75, 3.05) is 6.54 Å². The average molecular weight is 258 g/mol. The molecule has 0 saturated heterocycles. The number of halogens is 2. The molecule has 0 spiro atoms. The minimum atomic E-state index is 0.319. The zero-order chi connectivity index (χ0) is 11.5. The van der Waals surface area contributed by atoms with E-state index < -0.39 is 0 Å². The van der Waals surface area contributed by atoms with Crippen LogP contribution in [0, 0.1) is 0 Å². The van der Waals surface area contributed by atoms with Crippen LogP contribution in [0.25, 0.3) is 11.5 Å². The second-order valence-corrected chi connectivity index (χ2v) is 3.97. The highest BCUT2D eigenvalue weighted by molar-refractivity contribution is 6.38. The summed E-state index contributed by atoms with van der Waals surface area (Å²) in [5.74, 6) is 0.868. The molecule has 84 valence electrons. The summed E-state index contributed by atoms with van der Waals surface area (Å²) in [6.45, 7) is 0.467. The SMILES string of the molecule is NCCc1noc(-c2c(Cl)cccc2Cl)n1. The topological polar surface area (TPSA) is 64.9 Å². The summed E-state index contributed by atoms with van der Waals surface area (Å²) in [4.78, 5) is 4.17. The molecule has 1 heterocycles. The molecule has 0 unspecified atom stereocenters. The summed E-state index contributed by atoms with van der Waals surface area (Å²) in [6, 6.07) is 5.19. The number of hydrogen-bond donors (Lipinski definition) is 1. The Morgan fingerprint density at radius 1 is 1.25 bits per heavy atom. The summed E-state index contributed by atoms with van der Waals surface area (Å²) in [7, 11) is 0. The van der Waals surface area contributed by atoms with Crippen LogP contribution in [0.15, 0.2) is 22.7 Å². The number of aromatic nitrogens is 2. The second-order valence-electron chi connectivity index (χ2n) is 3.15. The molecule has 0 aliphatic heterocycles. The van der Waals surface area contributed by atoms with Crippen molar-refractivity contribution in [1.82, 2.24) is 10.1 Å². The van der Waals surface area contributed by atoms with Gasteiger partial charge in [0.05, 0.1) is 15.6 Å². The van der Waals surface area contributed by atoms with Gasteiger partial charge in [-0.25, -0.2) is 0 Å². The third-order valence-corrected chi connectivity index (χ3v) is 2.64. The predicted octanol–water partition coefficient (Wildman–Crippen LogP) is 2.54. The summed E-state index contributed by atoms with van der Waals surface area (Å²) in [5.41, 5.74) is 5.95. The van der Waals surface area contributed by atoms with Gasteiger partial charge in [-0.2, -0.15) is 4.98 Å². The van der Waals surface area contributed by atoms with E-state index in [1.807, 2.05) is 0 Å². The number of benzene rings is 1. The molecule has 1 aromatic carbocycles. The summed E-state index contributed by atoms with van der Waals surface area (Å²) < 4.78 is 5.08. The third-order valence-electron chi connectivity index (χ3n) is 2.01. The van der Waals surface area contributed by atoms with Crippen LogP contribution in [0.5, 0.6) is 0 Å². The van der Waals surface area contributed by atoms with Crippen LogP contribution in [-0.4, -0.2) is 16.7 Å². The highest BCUT2D eigenvalue weighted by Gasteiger charge is 2.15. The van der Waals surface area contributed by atoms with Gasteiger partial charge >= 0.3 is 0 Å². The monoisotopic (exact) mass is 257 g/mol. The van der Waals surface area contributed by atoms with E-state index in [9.17, 15) is 0 Å². The average Bonchev–Trinajstić information content (AvgIpc) is 2.67. The molecule has 0 aliphatic carbocycles. The molecule has 16 heavy (non-hydrogen) atoms. The largest absolute Gasteiger partial charge is 0.334 e. The maximum Gasteiger partial charge on any atom is 0.260 e. The van der Waals surface area contributed by atoms with E-state index in [-0.39, 0.29) is 0 Å². The molecule has 0 radical (unpaired) electrons. The van der Waals surface area contributed by atoms with Crippen molar-refractivity contribution in [3.63, 3.8) is 0 Å². The highest BCUT2D eigenvalue weighted by atomic mass is 35.5. The standard InChI is InChI=1S/C10H9Cl2N3O/c11-6-2-1-3-7(12)9(6)10-14-8(4-5-13)15-16-10/h1-3H,4-5,13H2. The Bertz CT molecular complexity index is 478. The fourth-order valence-corrected chi connectivity index (χ4v) is 1.85. The van der Waals surface area contributed by atoms with Crippen molar-refractivity contribution in [1.29, 1.82) is 0 Å². The van der Waals surface area contributed by atoms with E-state index in [2.05, 4.69) is 10.1 Å². The molecule has 2 aromatic rings. The smallest absolute Gasteiger partial charge is 0.260 e. The summed E-state index contributed by atoms with van der Waals surface area (Å²) in [6.07, 6.45) is 0.561. The van der Waals surface area contributed by atoms with Gasteiger partial charge in [0.2, 0.25) is 0 Å². The lowest BCUT2D eigenvalue weighted by molar-refractivity contribution is 0.422. The lowest BCUT2D eigenvalue weighted by Crippen LogP contribution is -2.03. The molecule has 2 rings (SSSR count).